The van der Waals surface area contributed by atoms with E-state index in [1.54, 1.807) is 6.20 Å². The van der Waals surface area contributed by atoms with Gasteiger partial charge in [-0.15, -0.1) is 5.10 Å². The van der Waals surface area contributed by atoms with Crippen LogP contribution in [0.5, 0.6) is 0 Å². The van der Waals surface area contributed by atoms with Crippen molar-refractivity contribution in [3.63, 3.8) is 0 Å². The number of carbonyl (C=O) groups excluding carboxylic acids is 1. The Kier molecular flexibility index (Phi) is 3.87. The number of alkyl carbamates (subject to hydrolysis) is 1. The van der Waals surface area contributed by atoms with E-state index in [1.807, 2.05) is 32.9 Å². The highest BCUT2D eigenvalue weighted by atomic mass is 16.6. The molecular weight excluding hydrogens is 244 g/mol. The maximum atomic E-state index is 11.7. The van der Waals surface area contributed by atoms with Gasteiger partial charge in [-0.3, -0.25) is 0 Å². The third-order valence-electron chi connectivity index (χ3n) is 2.79. The van der Waals surface area contributed by atoms with E-state index in [0.717, 1.165) is 25.3 Å². The van der Waals surface area contributed by atoms with Gasteiger partial charge in [-0.1, -0.05) is 0 Å². The number of amides is 1. The molecule has 6 heteroatoms. The molecule has 1 amide bonds. The van der Waals surface area contributed by atoms with Crippen LogP contribution < -0.4 is 10.2 Å². The van der Waals surface area contributed by atoms with Gasteiger partial charge in [0.15, 0.2) is 5.82 Å². The lowest BCUT2D eigenvalue weighted by Gasteiger charge is -2.22. The molecule has 0 unspecified atom stereocenters. The summed E-state index contributed by atoms with van der Waals surface area (Å²) < 4.78 is 5.24. The highest BCUT2D eigenvalue weighted by molar-refractivity contribution is 5.68. The first-order valence-electron chi connectivity index (χ1n) is 6.46. The lowest BCUT2D eigenvalue weighted by atomic mass is 10.2. The van der Waals surface area contributed by atoms with Crippen LogP contribution in [0.3, 0.4) is 0 Å². The molecule has 1 aliphatic heterocycles. The fraction of sp³-hybridized carbons (Fsp3) is 0.615. The van der Waals surface area contributed by atoms with Gasteiger partial charge in [0.2, 0.25) is 0 Å². The van der Waals surface area contributed by atoms with Crippen molar-refractivity contribution in [2.24, 2.45) is 0 Å². The van der Waals surface area contributed by atoms with Gasteiger partial charge >= 0.3 is 6.09 Å². The molecule has 1 fully saturated rings. The lowest BCUT2D eigenvalue weighted by molar-refractivity contribution is 0.0509. The summed E-state index contributed by atoms with van der Waals surface area (Å²) in [5.74, 6) is 0.844. The standard InChI is InChI=1S/C13H20N4O2.H2/c1-13(2,3)19-12(18)15-10-6-8-17(9-10)11-5-4-7-14-16-11;/h4-5,7,10H,6,8-9H2,1-3H3,(H,15,18);1H/t10-;/m1./s1. The molecule has 6 nitrogen and oxygen atoms in total. The van der Waals surface area contributed by atoms with Crippen molar-refractivity contribution in [1.82, 2.24) is 15.5 Å². The van der Waals surface area contributed by atoms with E-state index in [4.69, 9.17) is 4.74 Å². The van der Waals surface area contributed by atoms with Crippen LogP contribution in [0, 0.1) is 0 Å². The predicted octanol–water partition coefficient (Wildman–Crippen LogP) is 1.83. The Hall–Kier alpha value is -1.85. The van der Waals surface area contributed by atoms with Crippen LogP contribution in [0.15, 0.2) is 18.3 Å². The zero-order valence-corrected chi connectivity index (χ0v) is 11.6. The monoisotopic (exact) mass is 266 g/mol. The van der Waals surface area contributed by atoms with Crippen LogP contribution in [-0.4, -0.2) is 41.0 Å². The molecule has 1 saturated heterocycles. The van der Waals surface area contributed by atoms with Crippen LogP contribution in [0.2, 0.25) is 0 Å². The summed E-state index contributed by atoms with van der Waals surface area (Å²) in [7, 11) is 0. The first kappa shape index (κ1) is 13.6. The Labute approximate surface area is 114 Å². The third-order valence-corrected chi connectivity index (χ3v) is 2.79. The molecule has 2 rings (SSSR count). The molecule has 1 aromatic rings. The number of aromatic nitrogens is 2. The van der Waals surface area contributed by atoms with Gasteiger partial charge in [0, 0.05) is 20.7 Å². The van der Waals surface area contributed by atoms with Gasteiger partial charge in [0.25, 0.3) is 0 Å². The number of anilines is 1. The molecule has 0 aliphatic carbocycles. The van der Waals surface area contributed by atoms with E-state index in [2.05, 4.69) is 20.4 Å². The first-order valence-corrected chi connectivity index (χ1v) is 6.46. The Bertz CT molecular complexity index is 436. The van der Waals surface area contributed by atoms with Crippen molar-refractivity contribution in [3.8, 4) is 0 Å². The smallest absolute Gasteiger partial charge is 0.407 e. The van der Waals surface area contributed by atoms with Crippen molar-refractivity contribution in [1.29, 1.82) is 0 Å². The number of carbonyl (C=O) groups is 1. The van der Waals surface area contributed by atoms with Crippen LogP contribution in [0.25, 0.3) is 0 Å². The molecule has 2 heterocycles. The average Bonchev–Trinajstić information content (AvgIpc) is 2.76. The minimum absolute atomic E-state index is 0. The molecule has 0 radical (unpaired) electrons. The molecule has 1 aliphatic rings. The molecule has 19 heavy (non-hydrogen) atoms. The Balaban J connectivity index is 0.00000200. The summed E-state index contributed by atoms with van der Waals surface area (Å²) >= 11 is 0. The molecule has 0 aromatic carbocycles. The highest BCUT2D eigenvalue weighted by Gasteiger charge is 2.26. The predicted molar refractivity (Wildman–Crippen MR) is 74.1 cm³/mol. The summed E-state index contributed by atoms with van der Waals surface area (Å²) in [6.45, 7) is 7.16. The maximum absolute atomic E-state index is 11.7. The van der Waals surface area contributed by atoms with Gasteiger partial charge in [-0.05, 0) is 39.3 Å². The summed E-state index contributed by atoms with van der Waals surface area (Å²) in [5.41, 5.74) is -0.465. The Morgan fingerprint density at radius 1 is 1.58 bits per heavy atom. The van der Waals surface area contributed by atoms with Gasteiger partial charge in [-0.2, -0.15) is 5.10 Å². The summed E-state index contributed by atoms with van der Waals surface area (Å²) in [6.07, 6.45) is 2.17. The number of hydrogen-bond acceptors (Lipinski definition) is 5. The van der Waals surface area contributed by atoms with E-state index in [0.29, 0.717) is 0 Å². The molecule has 1 N–H and O–H groups in total. The van der Waals surface area contributed by atoms with E-state index in [1.165, 1.54) is 0 Å². The van der Waals surface area contributed by atoms with E-state index in [-0.39, 0.29) is 13.6 Å². The fourth-order valence-corrected chi connectivity index (χ4v) is 2.02. The third kappa shape index (κ3) is 4.08. The minimum Gasteiger partial charge on any atom is -0.444 e. The average molecular weight is 266 g/mol. The second-order valence-electron chi connectivity index (χ2n) is 5.66. The molecule has 0 bridgehead atoms. The number of hydrogen-bond donors (Lipinski definition) is 1. The summed E-state index contributed by atoms with van der Waals surface area (Å²) in [5, 5.41) is 10.8. The topological polar surface area (TPSA) is 67.3 Å². The quantitative estimate of drug-likeness (QED) is 0.884. The number of ether oxygens (including phenoxy) is 1. The van der Waals surface area contributed by atoms with Crippen molar-refractivity contribution in [2.75, 3.05) is 18.0 Å². The largest absolute Gasteiger partial charge is 0.444 e. The Morgan fingerprint density at radius 3 is 3.00 bits per heavy atom. The normalized spacial score (nSPS) is 19.3. The van der Waals surface area contributed by atoms with Gasteiger partial charge in [-0.25, -0.2) is 4.79 Å². The molecule has 106 valence electrons. The molecule has 0 spiro atoms. The van der Waals surface area contributed by atoms with E-state index in [9.17, 15) is 4.79 Å². The fourth-order valence-electron chi connectivity index (χ4n) is 2.02. The second kappa shape index (κ2) is 5.42. The van der Waals surface area contributed by atoms with Gasteiger partial charge in [0.1, 0.15) is 5.60 Å². The first-order chi connectivity index (χ1) is 8.94. The maximum Gasteiger partial charge on any atom is 0.407 e. The van der Waals surface area contributed by atoms with Crippen molar-refractivity contribution in [3.05, 3.63) is 18.3 Å². The van der Waals surface area contributed by atoms with E-state index < -0.39 is 5.60 Å². The number of nitrogens with one attached hydrogen (secondary N) is 1. The summed E-state index contributed by atoms with van der Waals surface area (Å²) in [4.78, 5) is 13.8. The molecule has 1 aromatic heterocycles. The SMILES string of the molecule is CC(C)(C)OC(=O)N[C@@H]1CCN(c2cccnn2)C1.[HH]. The van der Waals surface area contributed by atoms with Crippen LogP contribution in [0.4, 0.5) is 10.6 Å². The van der Waals surface area contributed by atoms with Crippen molar-refractivity contribution in [2.45, 2.75) is 38.8 Å². The van der Waals surface area contributed by atoms with Crippen molar-refractivity contribution < 1.29 is 11.0 Å². The lowest BCUT2D eigenvalue weighted by Crippen LogP contribution is -2.40. The second-order valence-corrected chi connectivity index (χ2v) is 5.66. The Morgan fingerprint density at radius 2 is 2.37 bits per heavy atom. The van der Waals surface area contributed by atoms with Gasteiger partial charge < -0.3 is 15.0 Å². The number of rotatable bonds is 2. The van der Waals surface area contributed by atoms with Crippen LogP contribution in [-0.2, 0) is 4.74 Å². The summed E-state index contributed by atoms with van der Waals surface area (Å²) in [6, 6.07) is 3.87. The molecule has 1 atom stereocenters. The van der Waals surface area contributed by atoms with E-state index >= 15 is 0 Å². The minimum atomic E-state index is -0.465. The van der Waals surface area contributed by atoms with Gasteiger partial charge in [0.05, 0.1) is 6.04 Å². The zero-order valence-electron chi connectivity index (χ0n) is 11.6. The van der Waals surface area contributed by atoms with Crippen molar-refractivity contribution >= 4 is 11.9 Å². The molecule has 0 saturated carbocycles. The van der Waals surface area contributed by atoms with Crippen LogP contribution in [0.1, 0.15) is 28.6 Å². The molecular formula is C13H22N4O2. The highest BCUT2D eigenvalue weighted by Crippen LogP contribution is 2.17. The number of nitrogens with zero attached hydrogens (tertiary/aromatic N) is 3. The van der Waals surface area contributed by atoms with Crippen LogP contribution >= 0.6 is 0 Å². The zero-order chi connectivity index (χ0) is 13.9.